The summed E-state index contributed by atoms with van der Waals surface area (Å²) in [4.78, 5) is 34.0. The summed E-state index contributed by atoms with van der Waals surface area (Å²) in [5.74, 6) is 4.52. The van der Waals surface area contributed by atoms with Crippen molar-refractivity contribution in [1.29, 1.82) is 0 Å². The van der Waals surface area contributed by atoms with Crippen molar-refractivity contribution in [1.82, 2.24) is 19.6 Å². The smallest absolute Gasteiger partial charge is 0.225 e. The summed E-state index contributed by atoms with van der Waals surface area (Å²) in [6.45, 7) is 18.1. The van der Waals surface area contributed by atoms with E-state index in [0.717, 1.165) is 62.7 Å². The monoisotopic (exact) mass is 500 g/mol. The summed E-state index contributed by atoms with van der Waals surface area (Å²) in [6, 6.07) is 1.34. The molecular weight excluding hydrogens is 448 g/mol. The van der Waals surface area contributed by atoms with Gasteiger partial charge >= 0.3 is 0 Å². The zero-order valence-corrected chi connectivity index (χ0v) is 23.5. The third-order valence-electron chi connectivity index (χ3n) is 9.96. The number of amides is 2. The molecule has 6 heterocycles. The maximum Gasteiger partial charge on any atom is 0.225 e. The summed E-state index contributed by atoms with van der Waals surface area (Å²) in [5.41, 5.74) is 0. The first-order valence-corrected chi connectivity index (χ1v) is 15.3. The van der Waals surface area contributed by atoms with Crippen molar-refractivity contribution in [2.24, 2.45) is 35.5 Å². The average Bonchev–Trinajstić information content (AvgIpc) is 2.84. The summed E-state index contributed by atoms with van der Waals surface area (Å²) in [5, 5.41) is 0. The fourth-order valence-electron chi connectivity index (χ4n) is 8.69. The number of piperidine rings is 6. The number of carbonyl (C=O) groups excluding carboxylic acids is 2. The Morgan fingerprint density at radius 1 is 0.833 bits per heavy atom. The Kier molecular flexibility index (Phi) is 8.31. The maximum absolute atomic E-state index is 12.2. The van der Waals surface area contributed by atoms with Crippen LogP contribution >= 0.6 is 0 Å². The molecule has 204 valence electrons. The normalized spacial score (nSPS) is 36.8. The maximum atomic E-state index is 12.2. The molecule has 6 saturated heterocycles. The van der Waals surface area contributed by atoms with Gasteiger partial charge < -0.3 is 14.7 Å². The van der Waals surface area contributed by atoms with Crippen LogP contribution in [-0.2, 0) is 9.59 Å². The van der Waals surface area contributed by atoms with E-state index in [9.17, 15) is 9.59 Å². The van der Waals surface area contributed by atoms with Gasteiger partial charge in [0.2, 0.25) is 11.8 Å². The first-order valence-electron chi connectivity index (χ1n) is 15.3. The van der Waals surface area contributed by atoms with Crippen LogP contribution < -0.4 is 0 Å². The van der Waals surface area contributed by atoms with E-state index in [1.807, 2.05) is 13.8 Å². The van der Waals surface area contributed by atoms with E-state index in [2.05, 4.69) is 33.4 Å². The highest BCUT2D eigenvalue weighted by Gasteiger charge is 2.45. The lowest BCUT2D eigenvalue weighted by Crippen LogP contribution is -2.61. The number of hydrogen-bond donors (Lipinski definition) is 0. The van der Waals surface area contributed by atoms with Crippen molar-refractivity contribution in [3.8, 4) is 0 Å². The highest BCUT2D eigenvalue weighted by molar-refractivity contribution is 5.79. The Morgan fingerprint density at radius 3 is 2.31 bits per heavy atom. The molecule has 0 aromatic carbocycles. The van der Waals surface area contributed by atoms with Crippen LogP contribution in [0.4, 0.5) is 0 Å². The number of hydrogen-bond acceptors (Lipinski definition) is 4. The lowest BCUT2D eigenvalue weighted by molar-refractivity contribution is -0.149. The summed E-state index contributed by atoms with van der Waals surface area (Å²) < 4.78 is 0. The molecule has 0 unspecified atom stereocenters. The van der Waals surface area contributed by atoms with Gasteiger partial charge in [-0.1, -0.05) is 34.1 Å². The fraction of sp³-hybridized carbons (Fsp3) is 0.933. The van der Waals surface area contributed by atoms with E-state index in [1.165, 1.54) is 64.8 Å². The van der Waals surface area contributed by atoms with E-state index in [4.69, 9.17) is 0 Å². The first-order chi connectivity index (χ1) is 17.3. The number of carbonyl (C=O) groups is 2. The lowest BCUT2D eigenvalue weighted by atomic mass is 9.76. The van der Waals surface area contributed by atoms with Crippen molar-refractivity contribution in [2.45, 2.75) is 91.1 Å². The van der Waals surface area contributed by atoms with Crippen LogP contribution in [0.2, 0.25) is 0 Å². The zero-order valence-electron chi connectivity index (χ0n) is 23.5. The predicted molar refractivity (Wildman–Crippen MR) is 144 cm³/mol. The number of likely N-dealkylation sites (tertiary alicyclic amines) is 2. The zero-order chi connectivity index (χ0) is 25.4. The molecule has 36 heavy (non-hydrogen) atoms. The molecule has 0 aromatic rings. The second kappa shape index (κ2) is 11.3. The number of rotatable bonds is 3. The van der Waals surface area contributed by atoms with Crippen LogP contribution in [0.1, 0.15) is 79.1 Å². The molecule has 0 aliphatic carbocycles. The van der Waals surface area contributed by atoms with Crippen molar-refractivity contribution < 1.29 is 9.59 Å². The van der Waals surface area contributed by atoms with E-state index in [1.54, 1.807) is 0 Å². The molecule has 6 rings (SSSR count). The molecule has 0 saturated carbocycles. The molecule has 6 heteroatoms. The Morgan fingerprint density at radius 2 is 1.56 bits per heavy atom. The van der Waals surface area contributed by atoms with Gasteiger partial charge in [0.25, 0.3) is 0 Å². The third-order valence-corrected chi connectivity index (χ3v) is 9.96. The molecule has 0 aromatic heterocycles. The minimum absolute atomic E-state index is 0.0860. The molecule has 6 atom stereocenters. The van der Waals surface area contributed by atoms with Crippen LogP contribution in [0.3, 0.4) is 0 Å². The highest BCUT2D eigenvalue weighted by atomic mass is 16.2. The van der Waals surface area contributed by atoms with Crippen LogP contribution in [0.15, 0.2) is 0 Å². The molecule has 6 fully saturated rings. The van der Waals surface area contributed by atoms with E-state index in [-0.39, 0.29) is 11.8 Å². The van der Waals surface area contributed by atoms with Gasteiger partial charge in [-0.05, 0) is 74.7 Å². The minimum atomic E-state index is 0.0860. The fourth-order valence-corrected chi connectivity index (χ4v) is 8.69. The quantitative estimate of drug-likeness (QED) is 0.589. The SMILES string of the molecule is CC(C)C(=O)N1C[C@@H]2C[C@H](C1)[C@@H]1CCCC(=O)N1C2.CC(C)CN1C[C@@H]2C[C@H](C1)[C@@H]1CCCCN1C2. The van der Waals surface area contributed by atoms with Crippen molar-refractivity contribution in [2.75, 3.05) is 52.4 Å². The largest absolute Gasteiger partial charge is 0.342 e. The molecular formula is C30H52N4O2. The van der Waals surface area contributed by atoms with Gasteiger partial charge in [-0.2, -0.15) is 0 Å². The molecule has 0 radical (unpaired) electrons. The summed E-state index contributed by atoms with van der Waals surface area (Å²) >= 11 is 0. The predicted octanol–water partition coefficient (Wildman–Crippen LogP) is 3.95. The van der Waals surface area contributed by atoms with Gasteiger partial charge in [0.1, 0.15) is 0 Å². The van der Waals surface area contributed by atoms with Crippen molar-refractivity contribution in [3.05, 3.63) is 0 Å². The Balaban J connectivity index is 0.000000149. The van der Waals surface area contributed by atoms with Crippen molar-refractivity contribution in [3.63, 3.8) is 0 Å². The molecule has 2 amide bonds. The minimum Gasteiger partial charge on any atom is -0.342 e. The van der Waals surface area contributed by atoms with Gasteiger partial charge in [0, 0.05) is 70.2 Å². The van der Waals surface area contributed by atoms with E-state index in [0.29, 0.717) is 23.8 Å². The molecule has 4 bridgehead atoms. The Labute approximate surface area is 220 Å². The van der Waals surface area contributed by atoms with E-state index >= 15 is 0 Å². The molecule has 0 N–H and O–H groups in total. The Hall–Kier alpha value is -1.14. The van der Waals surface area contributed by atoms with Gasteiger partial charge in [-0.3, -0.25) is 14.5 Å². The van der Waals surface area contributed by atoms with Crippen LogP contribution in [0, 0.1) is 35.5 Å². The highest BCUT2D eigenvalue weighted by Crippen LogP contribution is 2.39. The lowest BCUT2D eigenvalue weighted by Gasteiger charge is -2.52. The summed E-state index contributed by atoms with van der Waals surface area (Å²) in [6.07, 6.45) is 10.0. The molecule has 6 nitrogen and oxygen atoms in total. The van der Waals surface area contributed by atoms with Crippen LogP contribution in [0.5, 0.6) is 0 Å². The van der Waals surface area contributed by atoms with Crippen molar-refractivity contribution >= 4 is 11.8 Å². The second-order valence-electron chi connectivity index (χ2n) is 13.8. The Bertz CT molecular complexity index is 785. The third kappa shape index (κ3) is 5.80. The molecule has 0 spiro atoms. The molecule has 6 aliphatic rings. The van der Waals surface area contributed by atoms with Gasteiger partial charge in [-0.25, -0.2) is 0 Å². The standard InChI is InChI=1S/C15H24N2O2.C15H28N2/c1-10(2)15(19)16-7-11-6-12(9-16)13-4-3-5-14(18)17(13)8-11;1-12(2)8-16-9-13-7-14(11-16)15-5-3-4-6-17(15)10-13/h10-13H,3-9H2,1-2H3;12-15H,3-11H2,1-2H3/t11-,12+,13-;13-,14+,15-/m00/s1. The average molecular weight is 501 g/mol. The summed E-state index contributed by atoms with van der Waals surface area (Å²) in [7, 11) is 0. The van der Waals surface area contributed by atoms with Gasteiger partial charge in [-0.15, -0.1) is 0 Å². The van der Waals surface area contributed by atoms with E-state index < -0.39 is 0 Å². The second-order valence-corrected chi connectivity index (χ2v) is 13.8. The van der Waals surface area contributed by atoms with Crippen LogP contribution in [0.25, 0.3) is 0 Å². The number of nitrogens with zero attached hydrogens (tertiary/aromatic N) is 4. The topological polar surface area (TPSA) is 47.1 Å². The van der Waals surface area contributed by atoms with Gasteiger partial charge in [0.15, 0.2) is 0 Å². The number of fused-ring (bicyclic) bond motifs is 8. The first kappa shape index (κ1) is 26.5. The van der Waals surface area contributed by atoms with Gasteiger partial charge in [0.05, 0.1) is 0 Å². The molecule has 6 aliphatic heterocycles. The van der Waals surface area contributed by atoms with Crippen LogP contribution in [-0.4, -0.2) is 95.9 Å².